The highest BCUT2D eigenvalue weighted by molar-refractivity contribution is 5.69. The highest BCUT2D eigenvalue weighted by Crippen LogP contribution is 2.65. The number of fused-ring (bicyclic) bond motifs is 5. The first-order valence-corrected chi connectivity index (χ1v) is 15.6. The smallest absolute Gasteiger partial charge is 0.306 e. The van der Waals surface area contributed by atoms with Crippen molar-refractivity contribution in [2.75, 3.05) is 6.61 Å². The van der Waals surface area contributed by atoms with Crippen LogP contribution in [0.5, 0.6) is 0 Å². The van der Waals surface area contributed by atoms with Crippen molar-refractivity contribution in [1.82, 2.24) is 0 Å². The summed E-state index contributed by atoms with van der Waals surface area (Å²) in [6.07, 6.45) is 23.1. The highest BCUT2D eigenvalue weighted by atomic mass is 16.7. The van der Waals surface area contributed by atoms with E-state index in [0.29, 0.717) is 23.9 Å². The summed E-state index contributed by atoms with van der Waals surface area (Å²) in [7, 11) is 0. The van der Waals surface area contributed by atoms with Gasteiger partial charge in [-0.15, -0.1) is 0 Å². The Morgan fingerprint density at radius 3 is 2.61 bits per heavy atom. The average molecular weight is 499 g/mol. The van der Waals surface area contributed by atoms with Crippen LogP contribution in [0.3, 0.4) is 0 Å². The van der Waals surface area contributed by atoms with Crippen LogP contribution in [-0.2, 0) is 19.0 Å². The third-order valence-corrected chi connectivity index (χ3v) is 12.0. The fourth-order valence-electron chi connectivity index (χ4n) is 9.76. The molecular formula is C32H50O4. The van der Waals surface area contributed by atoms with Crippen LogP contribution < -0.4 is 0 Å². The number of hydrogen-bond donors (Lipinski definition) is 0. The van der Waals surface area contributed by atoms with Crippen molar-refractivity contribution in [2.45, 2.75) is 141 Å². The Labute approximate surface area is 219 Å². The number of hydrogen-bond acceptors (Lipinski definition) is 4. The fourth-order valence-corrected chi connectivity index (χ4v) is 9.76. The number of carbonyl (C=O) groups excluding carboxylic acids is 1. The molecule has 6 aliphatic rings. The largest absolute Gasteiger partial charge is 0.462 e. The van der Waals surface area contributed by atoms with Gasteiger partial charge in [-0.3, -0.25) is 4.79 Å². The number of ether oxygens (including phenoxy) is 3. The minimum atomic E-state index is 0.0248. The number of esters is 1. The molecule has 0 amide bonds. The predicted molar refractivity (Wildman–Crippen MR) is 141 cm³/mol. The minimum absolute atomic E-state index is 0.0248. The van der Waals surface area contributed by atoms with E-state index in [1.54, 1.807) is 5.57 Å². The van der Waals surface area contributed by atoms with Crippen molar-refractivity contribution in [3.63, 3.8) is 0 Å². The zero-order valence-electron chi connectivity index (χ0n) is 23.0. The topological polar surface area (TPSA) is 44.8 Å². The van der Waals surface area contributed by atoms with Gasteiger partial charge in [-0.1, -0.05) is 51.2 Å². The van der Waals surface area contributed by atoms with Crippen LogP contribution in [0.15, 0.2) is 11.6 Å². The first-order valence-electron chi connectivity index (χ1n) is 15.6. The van der Waals surface area contributed by atoms with Crippen molar-refractivity contribution in [2.24, 2.45) is 34.5 Å². The molecule has 0 N–H and O–H groups in total. The number of carbonyl (C=O) groups is 1. The van der Waals surface area contributed by atoms with Crippen molar-refractivity contribution >= 4 is 5.97 Å². The molecule has 4 saturated carbocycles. The van der Waals surface area contributed by atoms with E-state index in [-0.39, 0.29) is 23.8 Å². The van der Waals surface area contributed by atoms with Gasteiger partial charge in [-0.05, 0) is 106 Å². The molecule has 0 bridgehead atoms. The Morgan fingerprint density at radius 1 is 0.972 bits per heavy atom. The molecule has 6 rings (SSSR count). The minimum Gasteiger partial charge on any atom is -0.462 e. The van der Waals surface area contributed by atoms with E-state index >= 15 is 0 Å². The van der Waals surface area contributed by atoms with Crippen LogP contribution in [-0.4, -0.2) is 31.1 Å². The Morgan fingerprint density at radius 2 is 1.81 bits per heavy atom. The van der Waals surface area contributed by atoms with Gasteiger partial charge in [0.25, 0.3) is 0 Å². The maximum atomic E-state index is 12.8. The van der Waals surface area contributed by atoms with Crippen LogP contribution in [0.2, 0.25) is 0 Å². The van der Waals surface area contributed by atoms with E-state index in [1.165, 1.54) is 77.0 Å². The summed E-state index contributed by atoms with van der Waals surface area (Å²) in [4.78, 5) is 12.8. The molecule has 8 atom stereocenters. The second-order valence-corrected chi connectivity index (χ2v) is 13.8. The van der Waals surface area contributed by atoms with Crippen molar-refractivity contribution in [1.29, 1.82) is 0 Å². The van der Waals surface area contributed by atoms with Gasteiger partial charge in [0.2, 0.25) is 0 Å². The molecule has 0 aromatic carbocycles. The molecule has 36 heavy (non-hydrogen) atoms. The zero-order valence-corrected chi connectivity index (χ0v) is 23.0. The summed E-state index contributed by atoms with van der Waals surface area (Å²) >= 11 is 0. The zero-order chi connectivity index (χ0) is 24.8. The molecule has 0 spiro atoms. The van der Waals surface area contributed by atoms with Crippen LogP contribution in [0, 0.1) is 34.5 Å². The Balaban J connectivity index is 1.08. The average Bonchev–Trinajstić information content (AvgIpc) is 3.52. The SMILES string of the molecule is CC12CCC(OC3CCCCO3)CC1=CCC1C2CCC2(C)C(OC(=O)CCC3CCCC3)CCC12. The summed E-state index contributed by atoms with van der Waals surface area (Å²) in [6.45, 7) is 5.89. The lowest BCUT2D eigenvalue weighted by molar-refractivity contribution is -0.195. The van der Waals surface area contributed by atoms with Crippen molar-refractivity contribution < 1.29 is 19.0 Å². The van der Waals surface area contributed by atoms with Crippen LogP contribution in [0.4, 0.5) is 0 Å². The van der Waals surface area contributed by atoms with E-state index < -0.39 is 0 Å². The molecule has 0 radical (unpaired) electrons. The first-order chi connectivity index (χ1) is 17.5. The lowest BCUT2D eigenvalue weighted by Gasteiger charge is -2.58. The van der Waals surface area contributed by atoms with Crippen molar-refractivity contribution in [3.05, 3.63) is 11.6 Å². The monoisotopic (exact) mass is 498 g/mol. The number of allylic oxidation sites excluding steroid dienone is 1. The lowest BCUT2D eigenvalue weighted by atomic mass is 9.48. The van der Waals surface area contributed by atoms with E-state index in [2.05, 4.69) is 19.9 Å². The van der Waals surface area contributed by atoms with Crippen molar-refractivity contribution in [3.8, 4) is 0 Å². The summed E-state index contributed by atoms with van der Waals surface area (Å²) in [5.74, 6) is 3.06. The molecule has 1 saturated heterocycles. The van der Waals surface area contributed by atoms with Gasteiger partial charge in [0.1, 0.15) is 6.10 Å². The second-order valence-electron chi connectivity index (χ2n) is 13.8. The molecule has 4 heteroatoms. The van der Waals surface area contributed by atoms with Gasteiger partial charge >= 0.3 is 5.97 Å². The Hall–Kier alpha value is -0.870. The quantitative estimate of drug-likeness (QED) is 0.277. The third-order valence-electron chi connectivity index (χ3n) is 12.0. The predicted octanol–water partition coefficient (Wildman–Crippen LogP) is 7.74. The normalized spacial score (nSPS) is 44.9. The lowest BCUT2D eigenvalue weighted by Crippen LogP contribution is -2.51. The molecule has 8 unspecified atom stereocenters. The van der Waals surface area contributed by atoms with Gasteiger partial charge in [0.05, 0.1) is 6.10 Å². The molecule has 0 aromatic rings. The van der Waals surface area contributed by atoms with Crippen LogP contribution in [0.25, 0.3) is 0 Å². The first kappa shape index (κ1) is 25.4. The number of rotatable bonds is 6. The fraction of sp³-hybridized carbons (Fsp3) is 0.906. The second kappa shape index (κ2) is 10.4. The van der Waals surface area contributed by atoms with E-state index in [1.807, 2.05) is 0 Å². The standard InChI is InChI=1S/C32H50O4/c1-31-18-16-24(35-30-9-5-6-20-34-30)21-23(31)11-12-25-26-13-14-28(32(26,2)19-17-27(25)31)36-29(33)15-10-22-7-3-4-8-22/h11,22,24-28,30H,3-10,12-21H2,1-2H3. The Kier molecular flexibility index (Phi) is 7.31. The molecule has 1 aliphatic heterocycles. The molecule has 0 aromatic heterocycles. The van der Waals surface area contributed by atoms with E-state index in [9.17, 15) is 4.79 Å². The summed E-state index contributed by atoms with van der Waals surface area (Å²) < 4.78 is 18.6. The molecule has 5 aliphatic carbocycles. The maximum absolute atomic E-state index is 12.8. The van der Waals surface area contributed by atoms with Crippen LogP contribution >= 0.6 is 0 Å². The Bertz CT molecular complexity index is 824. The van der Waals surface area contributed by atoms with Crippen LogP contribution in [0.1, 0.15) is 123 Å². The third kappa shape index (κ3) is 4.72. The summed E-state index contributed by atoms with van der Waals surface area (Å²) in [6, 6.07) is 0. The van der Waals surface area contributed by atoms with Gasteiger partial charge in [0.15, 0.2) is 6.29 Å². The molecule has 1 heterocycles. The maximum Gasteiger partial charge on any atom is 0.306 e. The van der Waals surface area contributed by atoms with Gasteiger partial charge in [0, 0.05) is 18.4 Å². The van der Waals surface area contributed by atoms with Gasteiger partial charge < -0.3 is 14.2 Å². The summed E-state index contributed by atoms with van der Waals surface area (Å²) in [5.41, 5.74) is 2.17. The van der Waals surface area contributed by atoms with E-state index in [4.69, 9.17) is 14.2 Å². The molecular weight excluding hydrogens is 448 g/mol. The summed E-state index contributed by atoms with van der Waals surface area (Å²) in [5, 5.41) is 0. The molecule has 202 valence electrons. The molecule has 5 fully saturated rings. The van der Waals surface area contributed by atoms with Gasteiger partial charge in [-0.25, -0.2) is 0 Å². The highest BCUT2D eigenvalue weighted by Gasteiger charge is 2.59. The van der Waals surface area contributed by atoms with E-state index in [0.717, 1.165) is 50.0 Å². The molecule has 4 nitrogen and oxygen atoms in total. The van der Waals surface area contributed by atoms with Gasteiger partial charge in [-0.2, -0.15) is 0 Å².